The monoisotopic (exact) mass is 446 g/mol. The molecule has 8 nitrogen and oxygen atoms in total. The third-order valence-corrected chi connectivity index (χ3v) is 5.89. The predicted octanol–water partition coefficient (Wildman–Crippen LogP) is 2.45. The van der Waals surface area contributed by atoms with Gasteiger partial charge in [-0.25, -0.2) is 4.79 Å². The first-order valence-corrected chi connectivity index (χ1v) is 10.7. The zero-order chi connectivity index (χ0) is 22.4. The van der Waals surface area contributed by atoms with Crippen LogP contribution in [-0.4, -0.2) is 81.6 Å². The fourth-order valence-corrected chi connectivity index (χ4v) is 4.31. The van der Waals surface area contributed by atoms with Crippen LogP contribution in [0.5, 0.6) is 0 Å². The average molecular weight is 446 g/mol. The molecule has 3 aliphatic rings. The maximum atomic E-state index is 12.6. The lowest BCUT2D eigenvalue weighted by Gasteiger charge is -2.35. The minimum absolute atomic E-state index is 0.126. The highest BCUT2D eigenvalue weighted by molar-refractivity contribution is 5.77. The quantitative estimate of drug-likeness (QED) is 0.748. The molecular weight excluding hydrogens is 417 g/mol. The molecule has 1 atom stereocenters. The Morgan fingerprint density at radius 2 is 1.81 bits per heavy atom. The van der Waals surface area contributed by atoms with Crippen LogP contribution >= 0.6 is 0 Å². The van der Waals surface area contributed by atoms with Crippen molar-refractivity contribution in [2.24, 2.45) is 0 Å². The second-order valence-corrected chi connectivity index (χ2v) is 8.22. The maximum Gasteiger partial charge on any atom is 0.490 e. The van der Waals surface area contributed by atoms with Crippen LogP contribution in [0.4, 0.5) is 13.2 Å². The molecule has 4 rings (SSSR count). The van der Waals surface area contributed by atoms with Crippen molar-refractivity contribution < 1.29 is 32.6 Å². The minimum Gasteiger partial charge on any atom is -0.475 e. The Balaban J connectivity index is 0.000000339. The number of fused-ring (bicyclic) bond motifs is 1. The van der Waals surface area contributed by atoms with Crippen LogP contribution in [0.3, 0.4) is 0 Å². The van der Waals surface area contributed by atoms with E-state index in [0.29, 0.717) is 12.6 Å². The van der Waals surface area contributed by atoms with E-state index in [2.05, 4.69) is 14.7 Å². The van der Waals surface area contributed by atoms with Gasteiger partial charge in [0.15, 0.2) is 0 Å². The van der Waals surface area contributed by atoms with Gasteiger partial charge < -0.3 is 19.6 Å². The standard InChI is InChI=1S/C18H28N4O2.C2HF3O2/c23-18(14-24-17-5-1-2-6-17)21-12-15-7-8-19-22(15)16(13-21)11-20-9-3-4-10-20;3-2(4,5)1(6)7/h7-8,16-17H,1-6,9-14H2;(H,6,7). The van der Waals surface area contributed by atoms with Crippen LogP contribution in [0.25, 0.3) is 0 Å². The van der Waals surface area contributed by atoms with E-state index >= 15 is 0 Å². The molecule has 0 spiro atoms. The summed E-state index contributed by atoms with van der Waals surface area (Å²) in [6.07, 6.45) is 4.33. The van der Waals surface area contributed by atoms with Crippen LogP contribution in [0.15, 0.2) is 12.3 Å². The molecule has 11 heteroatoms. The first-order chi connectivity index (χ1) is 14.7. The lowest BCUT2D eigenvalue weighted by molar-refractivity contribution is -0.192. The Hall–Kier alpha value is -2.14. The van der Waals surface area contributed by atoms with Crippen molar-refractivity contribution in [3.63, 3.8) is 0 Å². The number of carbonyl (C=O) groups excluding carboxylic acids is 1. The first-order valence-electron chi connectivity index (χ1n) is 10.7. The smallest absolute Gasteiger partial charge is 0.475 e. The molecule has 1 N–H and O–H groups in total. The number of alkyl halides is 3. The summed E-state index contributed by atoms with van der Waals surface area (Å²) in [5.74, 6) is -2.63. The highest BCUT2D eigenvalue weighted by Crippen LogP contribution is 2.24. The summed E-state index contributed by atoms with van der Waals surface area (Å²) in [5.41, 5.74) is 1.14. The van der Waals surface area contributed by atoms with Crippen molar-refractivity contribution in [2.45, 2.75) is 63.4 Å². The van der Waals surface area contributed by atoms with Crippen LogP contribution in [0, 0.1) is 0 Å². The fraction of sp³-hybridized carbons (Fsp3) is 0.750. The number of rotatable bonds is 5. The molecule has 1 saturated carbocycles. The number of ether oxygens (including phenoxy) is 1. The molecule has 1 aromatic rings. The van der Waals surface area contributed by atoms with E-state index in [1.54, 1.807) is 0 Å². The molecule has 1 amide bonds. The number of hydrogen-bond acceptors (Lipinski definition) is 5. The van der Waals surface area contributed by atoms with Crippen LogP contribution in [0.1, 0.15) is 50.3 Å². The van der Waals surface area contributed by atoms with E-state index in [4.69, 9.17) is 14.6 Å². The van der Waals surface area contributed by atoms with Crippen molar-refractivity contribution in [3.8, 4) is 0 Å². The van der Waals surface area contributed by atoms with Crippen molar-refractivity contribution in [3.05, 3.63) is 18.0 Å². The second-order valence-electron chi connectivity index (χ2n) is 8.22. The summed E-state index contributed by atoms with van der Waals surface area (Å²) >= 11 is 0. The third kappa shape index (κ3) is 6.67. The van der Waals surface area contributed by atoms with Gasteiger partial charge in [-0.05, 0) is 44.8 Å². The summed E-state index contributed by atoms with van der Waals surface area (Å²) in [4.78, 5) is 26.0. The average Bonchev–Trinajstić information content (AvgIpc) is 3.47. The number of halogens is 3. The number of hydrogen-bond donors (Lipinski definition) is 1. The molecule has 2 fully saturated rings. The number of aliphatic carboxylic acids is 1. The zero-order valence-corrected chi connectivity index (χ0v) is 17.4. The molecule has 0 radical (unpaired) electrons. The van der Waals surface area contributed by atoms with Gasteiger partial charge in [0, 0.05) is 19.3 Å². The molecule has 1 unspecified atom stereocenters. The topological polar surface area (TPSA) is 87.9 Å². The molecule has 31 heavy (non-hydrogen) atoms. The van der Waals surface area contributed by atoms with E-state index in [-0.39, 0.29) is 18.6 Å². The van der Waals surface area contributed by atoms with Gasteiger partial charge in [0.2, 0.25) is 5.91 Å². The molecule has 3 heterocycles. The van der Waals surface area contributed by atoms with Gasteiger partial charge in [0.25, 0.3) is 0 Å². The Morgan fingerprint density at radius 3 is 2.42 bits per heavy atom. The van der Waals surface area contributed by atoms with E-state index in [0.717, 1.165) is 31.6 Å². The molecule has 1 aromatic heterocycles. The van der Waals surface area contributed by atoms with E-state index in [9.17, 15) is 18.0 Å². The number of amides is 1. The summed E-state index contributed by atoms with van der Waals surface area (Å²) in [6.45, 7) is 4.97. The van der Waals surface area contributed by atoms with Gasteiger partial charge in [-0.2, -0.15) is 18.3 Å². The van der Waals surface area contributed by atoms with Crippen LogP contribution in [-0.2, 0) is 20.9 Å². The second kappa shape index (κ2) is 10.4. The largest absolute Gasteiger partial charge is 0.490 e. The molecule has 2 aliphatic heterocycles. The number of carboxylic acids is 1. The lowest BCUT2D eigenvalue weighted by Crippen LogP contribution is -2.46. The molecule has 0 bridgehead atoms. The molecule has 174 valence electrons. The van der Waals surface area contributed by atoms with Gasteiger partial charge in [-0.1, -0.05) is 12.8 Å². The summed E-state index contributed by atoms with van der Waals surface area (Å²) in [6, 6.07) is 2.30. The Kier molecular flexibility index (Phi) is 7.93. The Bertz CT molecular complexity index is 743. The number of carboxylic acid groups (broad SMARTS) is 1. The van der Waals surface area contributed by atoms with Crippen LogP contribution in [0.2, 0.25) is 0 Å². The fourth-order valence-electron chi connectivity index (χ4n) is 4.31. The van der Waals surface area contributed by atoms with Crippen molar-refractivity contribution >= 4 is 11.9 Å². The van der Waals surface area contributed by atoms with Crippen LogP contribution < -0.4 is 0 Å². The van der Waals surface area contributed by atoms with Gasteiger partial charge in [0.1, 0.15) is 6.61 Å². The highest BCUT2D eigenvalue weighted by atomic mass is 19.4. The first kappa shape index (κ1) is 23.5. The van der Waals surface area contributed by atoms with Gasteiger partial charge in [-0.3, -0.25) is 9.48 Å². The summed E-state index contributed by atoms with van der Waals surface area (Å²) < 4.78 is 39.7. The highest BCUT2D eigenvalue weighted by Gasteiger charge is 2.38. The number of likely N-dealkylation sites (tertiary alicyclic amines) is 1. The third-order valence-electron chi connectivity index (χ3n) is 5.89. The van der Waals surface area contributed by atoms with Crippen molar-refractivity contribution in [1.82, 2.24) is 19.6 Å². The van der Waals surface area contributed by atoms with E-state index in [1.807, 2.05) is 17.2 Å². The van der Waals surface area contributed by atoms with Gasteiger partial charge >= 0.3 is 12.1 Å². The molecule has 1 aliphatic carbocycles. The normalized spacial score (nSPS) is 22.2. The van der Waals surface area contributed by atoms with E-state index < -0.39 is 12.1 Å². The van der Waals surface area contributed by atoms with E-state index in [1.165, 1.54) is 38.8 Å². The number of nitrogens with zero attached hydrogens (tertiary/aromatic N) is 4. The maximum absolute atomic E-state index is 12.6. The SMILES string of the molecule is O=C(COC1CCCC1)N1Cc2ccnn2C(CN2CCCC2)C1.O=C(O)C(F)(F)F. The van der Waals surface area contributed by atoms with Gasteiger partial charge in [0.05, 0.1) is 24.4 Å². The van der Waals surface area contributed by atoms with Crippen molar-refractivity contribution in [2.75, 3.05) is 32.8 Å². The number of aromatic nitrogens is 2. The minimum atomic E-state index is -5.08. The molecule has 0 aromatic carbocycles. The molecular formula is C20H29F3N4O4. The summed E-state index contributed by atoms with van der Waals surface area (Å²) in [7, 11) is 0. The Labute approximate surface area is 178 Å². The zero-order valence-electron chi connectivity index (χ0n) is 17.4. The molecule has 1 saturated heterocycles. The predicted molar refractivity (Wildman–Crippen MR) is 104 cm³/mol. The number of carbonyl (C=O) groups is 2. The van der Waals surface area contributed by atoms with Crippen molar-refractivity contribution in [1.29, 1.82) is 0 Å². The Morgan fingerprint density at radius 1 is 1.16 bits per heavy atom. The summed E-state index contributed by atoms with van der Waals surface area (Å²) in [5, 5.41) is 11.6. The lowest BCUT2D eigenvalue weighted by atomic mass is 10.1. The van der Waals surface area contributed by atoms with Gasteiger partial charge in [-0.15, -0.1) is 0 Å².